The van der Waals surface area contributed by atoms with Crippen LogP contribution in [0.3, 0.4) is 0 Å². The van der Waals surface area contributed by atoms with Crippen LogP contribution >= 0.6 is 0 Å². The number of carbonyl (C=O) groups excluding carboxylic acids is 2. The summed E-state index contributed by atoms with van der Waals surface area (Å²) >= 11 is 0. The minimum atomic E-state index is -0.590. The number of aryl methyl sites for hydroxylation is 3. The summed E-state index contributed by atoms with van der Waals surface area (Å²) < 4.78 is 11.5. The fourth-order valence-electron chi connectivity index (χ4n) is 4.73. The zero-order valence-electron chi connectivity index (χ0n) is 19.4. The molecule has 1 atom stereocenters. The molecule has 1 saturated heterocycles. The molecule has 0 aromatic heterocycles. The summed E-state index contributed by atoms with van der Waals surface area (Å²) in [5, 5.41) is 0. The molecule has 4 heteroatoms. The molecule has 3 rings (SSSR count). The lowest BCUT2D eigenvalue weighted by atomic mass is 9.76. The predicted octanol–water partition coefficient (Wildman–Crippen LogP) is 5.71. The molecule has 30 heavy (non-hydrogen) atoms. The normalized spacial score (nSPS) is 21.1. The van der Waals surface area contributed by atoms with Crippen molar-refractivity contribution in [3.05, 3.63) is 40.1 Å². The molecule has 0 amide bonds. The molecule has 0 N–H and O–H groups in total. The minimum absolute atomic E-state index is 0.0781. The monoisotopic (exact) mass is 412 g/mol. The number of ether oxygens (including phenoxy) is 2. The SMILES string of the molecule is Cc1cc(C)c(C2=C(OC(=O)C(C)(C)C)CC(CC3CCOCC3)C(=O)C2)c(C)c1. The van der Waals surface area contributed by atoms with Gasteiger partial charge in [-0.3, -0.25) is 9.59 Å². The first-order valence-corrected chi connectivity index (χ1v) is 11.2. The number of Topliss-reactive ketones (excluding diaryl/α,β-unsaturated/α-hetero) is 1. The number of hydrogen-bond donors (Lipinski definition) is 0. The molecular weight excluding hydrogens is 376 g/mol. The molecule has 1 aliphatic carbocycles. The summed E-state index contributed by atoms with van der Waals surface area (Å²) in [6.07, 6.45) is 3.73. The molecular formula is C26H36O4. The number of hydrogen-bond acceptors (Lipinski definition) is 4. The molecule has 164 valence electrons. The second-order valence-electron chi connectivity index (χ2n) is 10.2. The maximum atomic E-state index is 13.2. The minimum Gasteiger partial charge on any atom is -0.430 e. The highest BCUT2D eigenvalue weighted by Gasteiger charge is 2.35. The topological polar surface area (TPSA) is 52.6 Å². The van der Waals surface area contributed by atoms with Crippen molar-refractivity contribution in [2.45, 2.75) is 73.6 Å². The fraction of sp³-hybridized carbons (Fsp3) is 0.615. The van der Waals surface area contributed by atoms with E-state index < -0.39 is 5.41 Å². The van der Waals surface area contributed by atoms with E-state index in [1.54, 1.807) is 0 Å². The number of esters is 1. The van der Waals surface area contributed by atoms with Gasteiger partial charge in [0.25, 0.3) is 0 Å². The van der Waals surface area contributed by atoms with E-state index in [2.05, 4.69) is 32.9 Å². The molecule has 1 aromatic carbocycles. The third-order valence-corrected chi connectivity index (χ3v) is 6.34. The van der Waals surface area contributed by atoms with Gasteiger partial charge in [-0.2, -0.15) is 0 Å². The molecule has 1 heterocycles. The van der Waals surface area contributed by atoms with Crippen molar-refractivity contribution < 1.29 is 19.1 Å². The van der Waals surface area contributed by atoms with E-state index in [-0.39, 0.29) is 17.7 Å². The van der Waals surface area contributed by atoms with Crippen LogP contribution in [-0.2, 0) is 19.1 Å². The summed E-state index contributed by atoms with van der Waals surface area (Å²) in [6.45, 7) is 13.4. The van der Waals surface area contributed by atoms with Gasteiger partial charge in [-0.05, 0) is 83.4 Å². The highest BCUT2D eigenvalue weighted by atomic mass is 16.5. The molecule has 1 unspecified atom stereocenters. The van der Waals surface area contributed by atoms with Crippen molar-refractivity contribution in [1.29, 1.82) is 0 Å². The van der Waals surface area contributed by atoms with Gasteiger partial charge >= 0.3 is 5.97 Å². The van der Waals surface area contributed by atoms with Crippen molar-refractivity contribution >= 4 is 17.3 Å². The van der Waals surface area contributed by atoms with Crippen LogP contribution in [0.4, 0.5) is 0 Å². The van der Waals surface area contributed by atoms with Crippen LogP contribution < -0.4 is 0 Å². The lowest BCUT2D eigenvalue weighted by Gasteiger charge is -2.32. The Hall–Kier alpha value is -1.94. The van der Waals surface area contributed by atoms with Gasteiger partial charge < -0.3 is 9.47 Å². The maximum Gasteiger partial charge on any atom is 0.316 e. The Kier molecular flexibility index (Phi) is 6.86. The lowest BCUT2D eigenvalue weighted by molar-refractivity contribution is -0.149. The number of ketones is 1. The van der Waals surface area contributed by atoms with E-state index in [0.717, 1.165) is 54.7 Å². The Labute approximate surface area is 181 Å². The van der Waals surface area contributed by atoms with Gasteiger partial charge in [0.2, 0.25) is 0 Å². The second-order valence-corrected chi connectivity index (χ2v) is 10.2. The molecule has 1 aliphatic heterocycles. The molecule has 4 nitrogen and oxygen atoms in total. The highest BCUT2D eigenvalue weighted by Crippen LogP contribution is 2.41. The van der Waals surface area contributed by atoms with Gasteiger partial charge in [0.05, 0.1) is 5.41 Å². The average Bonchev–Trinajstić information content (AvgIpc) is 2.64. The van der Waals surface area contributed by atoms with E-state index in [0.29, 0.717) is 24.5 Å². The van der Waals surface area contributed by atoms with Crippen molar-refractivity contribution in [2.75, 3.05) is 13.2 Å². The molecule has 1 aromatic rings. The Morgan fingerprint density at radius 1 is 1.10 bits per heavy atom. The Morgan fingerprint density at radius 3 is 2.27 bits per heavy atom. The molecule has 0 bridgehead atoms. The Balaban J connectivity index is 1.97. The van der Waals surface area contributed by atoms with Crippen LogP contribution in [0.2, 0.25) is 0 Å². The molecule has 0 spiro atoms. The van der Waals surface area contributed by atoms with Crippen molar-refractivity contribution in [2.24, 2.45) is 17.3 Å². The van der Waals surface area contributed by atoms with E-state index in [1.807, 2.05) is 20.8 Å². The molecule has 0 radical (unpaired) electrons. The largest absolute Gasteiger partial charge is 0.430 e. The third kappa shape index (κ3) is 5.21. The molecule has 2 aliphatic rings. The van der Waals surface area contributed by atoms with Crippen LogP contribution in [0.15, 0.2) is 17.9 Å². The first-order chi connectivity index (χ1) is 14.1. The van der Waals surface area contributed by atoms with E-state index in [9.17, 15) is 9.59 Å². The molecule has 1 fully saturated rings. The van der Waals surface area contributed by atoms with Gasteiger partial charge in [0, 0.05) is 37.5 Å². The molecule has 0 saturated carbocycles. The first-order valence-electron chi connectivity index (χ1n) is 11.2. The Bertz CT molecular complexity index is 827. The summed E-state index contributed by atoms with van der Waals surface area (Å²) in [5.74, 6) is 1.16. The van der Waals surface area contributed by atoms with E-state index >= 15 is 0 Å². The quantitative estimate of drug-likeness (QED) is 0.595. The van der Waals surface area contributed by atoms with E-state index in [4.69, 9.17) is 9.47 Å². The van der Waals surface area contributed by atoms with Crippen molar-refractivity contribution in [1.82, 2.24) is 0 Å². The first kappa shape index (κ1) is 22.7. The van der Waals surface area contributed by atoms with Crippen LogP contribution in [0, 0.1) is 38.0 Å². The second kappa shape index (κ2) is 9.05. The average molecular weight is 413 g/mol. The maximum absolute atomic E-state index is 13.2. The van der Waals surface area contributed by atoms with E-state index in [1.165, 1.54) is 5.56 Å². The van der Waals surface area contributed by atoms with Gasteiger partial charge in [0.1, 0.15) is 11.5 Å². The number of rotatable bonds is 4. The van der Waals surface area contributed by atoms with Gasteiger partial charge in [-0.1, -0.05) is 17.7 Å². The third-order valence-electron chi connectivity index (χ3n) is 6.34. The zero-order chi connectivity index (χ0) is 22.1. The smallest absolute Gasteiger partial charge is 0.316 e. The van der Waals surface area contributed by atoms with Gasteiger partial charge in [0.15, 0.2) is 0 Å². The summed E-state index contributed by atoms with van der Waals surface area (Å²) in [4.78, 5) is 25.9. The zero-order valence-corrected chi connectivity index (χ0v) is 19.4. The van der Waals surface area contributed by atoms with Crippen molar-refractivity contribution in [3.63, 3.8) is 0 Å². The highest BCUT2D eigenvalue weighted by molar-refractivity contribution is 5.96. The predicted molar refractivity (Wildman–Crippen MR) is 119 cm³/mol. The van der Waals surface area contributed by atoms with Gasteiger partial charge in [-0.25, -0.2) is 0 Å². The fourth-order valence-corrected chi connectivity index (χ4v) is 4.73. The summed E-state index contributed by atoms with van der Waals surface area (Å²) in [6, 6.07) is 4.27. The van der Waals surface area contributed by atoms with Crippen LogP contribution in [0.5, 0.6) is 0 Å². The van der Waals surface area contributed by atoms with Crippen LogP contribution in [0.25, 0.3) is 5.57 Å². The lowest BCUT2D eigenvalue weighted by Crippen LogP contribution is -2.30. The standard InChI is InChI=1S/C26H36O4/c1-16-11-17(2)24(18(3)12-16)21-15-22(27)20(13-19-7-9-29-10-8-19)14-23(21)30-25(28)26(4,5)6/h11-12,19-20H,7-10,13-15H2,1-6H3. The van der Waals surface area contributed by atoms with Crippen LogP contribution in [-0.4, -0.2) is 25.0 Å². The number of allylic oxidation sites excluding steroid dienone is 2. The Morgan fingerprint density at radius 2 is 1.70 bits per heavy atom. The summed E-state index contributed by atoms with van der Waals surface area (Å²) in [5.41, 5.74) is 4.82. The van der Waals surface area contributed by atoms with Crippen LogP contribution in [0.1, 0.15) is 75.1 Å². The number of benzene rings is 1. The van der Waals surface area contributed by atoms with Crippen molar-refractivity contribution in [3.8, 4) is 0 Å². The van der Waals surface area contributed by atoms with Gasteiger partial charge in [-0.15, -0.1) is 0 Å². The summed E-state index contributed by atoms with van der Waals surface area (Å²) in [7, 11) is 0. The number of carbonyl (C=O) groups is 2.